The van der Waals surface area contributed by atoms with E-state index in [1.165, 1.54) is 12.1 Å². The number of aryl methyl sites for hydroxylation is 1. The number of carbonyl (C=O) groups is 1. The molecule has 9 heteroatoms. The molecular formula is C24H25FN6O2. The van der Waals surface area contributed by atoms with E-state index in [1.54, 1.807) is 30.6 Å². The minimum atomic E-state index is -0.374. The maximum atomic E-state index is 14.1. The number of ether oxygens (including phenoxy) is 1. The minimum Gasteiger partial charge on any atom is -0.484 e. The number of nitrogens with zero attached hydrogens (tertiary/aromatic N) is 3. The second-order valence-electron chi connectivity index (χ2n) is 8.74. The van der Waals surface area contributed by atoms with Crippen molar-refractivity contribution < 1.29 is 13.9 Å². The second-order valence-corrected chi connectivity index (χ2v) is 8.74. The first kappa shape index (κ1) is 22.2. The van der Waals surface area contributed by atoms with Crippen molar-refractivity contribution in [3.63, 3.8) is 0 Å². The first-order chi connectivity index (χ1) is 15.7. The van der Waals surface area contributed by atoms with Gasteiger partial charge in [-0.3, -0.25) is 9.89 Å². The first-order valence-electron chi connectivity index (χ1n) is 10.5. The Balaban J connectivity index is 1.68. The molecule has 0 saturated carbocycles. The van der Waals surface area contributed by atoms with Crippen LogP contribution in [0.15, 0.2) is 48.8 Å². The molecule has 0 unspecified atom stereocenters. The number of hydrogen-bond donors (Lipinski definition) is 3. The summed E-state index contributed by atoms with van der Waals surface area (Å²) in [6.07, 6.45) is 3.33. The lowest BCUT2D eigenvalue weighted by Gasteiger charge is -2.20. The molecule has 0 spiro atoms. The van der Waals surface area contributed by atoms with Gasteiger partial charge in [0.05, 0.1) is 17.4 Å². The van der Waals surface area contributed by atoms with Gasteiger partial charge in [-0.05, 0) is 51.5 Å². The number of rotatable bonds is 6. The Bertz CT molecular complexity index is 1300. The van der Waals surface area contributed by atoms with Crippen molar-refractivity contribution in [1.82, 2.24) is 25.5 Å². The minimum absolute atomic E-state index is 0.114. The highest BCUT2D eigenvalue weighted by atomic mass is 19.1. The molecule has 3 N–H and O–H groups in total. The summed E-state index contributed by atoms with van der Waals surface area (Å²) in [5.41, 5.74) is 2.23. The smallest absolute Gasteiger partial charge is 0.258 e. The van der Waals surface area contributed by atoms with Gasteiger partial charge in [-0.1, -0.05) is 12.1 Å². The van der Waals surface area contributed by atoms with Gasteiger partial charge >= 0.3 is 0 Å². The van der Waals surface area contributed by atoms with E-state index in [9.17, 15) is 9.18 Å². The van der Waals surface area contributed by atoms with Crippen molar-refractivity contribution in [1.29, 1.82) is 0 Å². The van der Waals surface area contributed by atoms with Crippen molar-refractivity contribution in [2.45, 2.75) is 33.2 Å². The Kier molecular flexibility index (Phi) is 5.95. The van der Waals surface area contributed by atoms with Gasteiger partial charge in [0.1, 0.15) is 17.4 Å². The molecule has 2 aromatic carbocycles. The van der Waals surface area contributed by atoms with Crippen molar-refractivity contribution >= 4 is 28.3 Å². The Hall–Kier alpha value is -4.01. The summed E-state index contributed by atoms with van der Waals surface area (Å²) in [4.78, 5) is 21.4. The highest BCUT2D eigenvalue weighted by molar-refractivity contribution is 5.94. The molecule has 1 amide bonds. The van der Waals surface area contributed by atoms with E-state index < -0.39 is 0 Å². The first-order valence-corrected chi connectivity index (χ1v) is 10.5. The summed E-state index contributed by atoms with van der Waals surface area (Å²) in [5, 5.41) is 13.5. The SMILES string of the molecule is Cc1cc(F)cc2nc(-c3cccc(OCC(=O)NC(C)(C)C)c3)nc(Nc3cn[nH]c3)c12. The number of aromatic nitrogens is 4. The third-order valence-corrected chi connectivity index (χ3v) is 4.70. The van der Waals surface area contributed by atoms with E-state index in [-0.39, 0.29) is 23.9 Å². The Morgan fingerprint density at radius 2 is 2.00 bits per heavy atom. The van der Waals surface area contributed by atoms with Crippen LogP contribution in [0.3, 0.4) is 0 Å². The van der Waals surface area contributed by atoms with E-state index in [0.29, 0.717) is 45.1 Å². The van der Waals surface area contributed by atoms with Crippen molar-refractivity contribution in [2.75, 3.05) is 11.9 Å². The van der Waals surface area contributed by atoms with Crippen LogP contribution in [0, 0.1) is 12.7 Å². The standard InChI is InChI=1S/C24H25FN6O2/c1-14-8-16(25)10-19-21(14)23(28-17-11-26-27-12-17)30-22(29-19)15-6-5-7-18(9-15)33-13-20(32)31-24(2,3)4/h5-12H,13H2,1-4H3,(H,26,27)(H,31,32)(H,28,29,30). The number of aromatic amines is 1. The highest BCUT2D eigenvalue weighted by Crippen LogP contribution is 2.31. The summed E-state index contributed by atoms with van der Waals surface area (Å²) >= 11 is 0. The van der Waals surface area contributed by atoms with Gasteiger partial charge in [-0.2, -0.15) is 5.10 Å². The maximum absolute atomic E-state index is 14.1. The molecule has 2 heterocycles. The number of hydrogen-bond acceptors (Lipinski definition) is 6. The van der Waals surface area contributed by atoms with E-state index in [4.69, 9.17) is 9.72 Å². The molecule has 33 heavy (non-hydrogen) atoms. The van der Waals surface area contributed by atoms with Crippen LogP contribution >= 0.6 is 0 Å². The molecule has 0 aliphatic carbocycles. The topological polar surface area (TPSA) is 105 Å². The van der Waals surface area contributed by atoms with Crippen molar-refractivity contribution in [3.05, 3.63) is 60.2 Å². The molecule has 8 nitrogen and oxygen atoms in total. The molecule has 0 saturated heterocycles. The van der Waals surface area contributed by atoms with Gasteiger partial charge in [-0.15, -0.1) is 0 Å². The van der Waals surface area contributed by atoms with Gasteiger partial charge in [0.2, 0.25) is 0 Å². The molecular weight excluding hydrogens is 423 g/mol. The lowest BCUT2D eigenvalue weighted by molar-refractivity contribution is -0.124. The Morgan fingerprint density at radius 1 is 1.18 bits per heavy atom. The van der Waals surface area contributed by atoms with Gasteiger partial charge < -0.3 is 15.4 Å². The van der Waals surface area contributed by atoms with Crippen LogP contribution in [0.1, 0.15) is 26.3 Å². The second kappa shape index (κ2) is 8.85. The van der Waals surface area contributed by atoms with Crippen LogP contribution in [0.2, 0.25) is 0 Å². The van der Waals surface area contributed by atoms with Crippen LogP contribution < -0.4 is 15.4 Å². The molecule has 0 fully saturated rings. The molecule has 0 bridgehead atoms. The number of benzene rings is 2. The van der Waals surface area contributed by atoms with Gasteiger partial charge in [-0.25, -0.2) is 14.4 Å². The monoisotopic (exact) mass is 448 g/mol. The Morgan fingerprint density at radius 3 is 2.73 bits per heavy atom. The number of H-pyrrole nitrogens is 1. The summed E-state index contributed by atoms with van der Waals surface area (Å²) in [6, 6.07) is 9.95. The highest BCUT2D eigenvalue weighted by Gasteiger charge is 2.16. The van der Waals surface area contributed by atoms with Crippen LogP contribution in [-0.2, 0) is 4.79 Å². The third-order valence-electron chi connectivity index (χ3n) is 4.70. The van der Waals surface area contributed by atoms with Crippen LogP contribution in [0.25, 0.3) is 22.3 Å². The lowest BCUT2D eigenvalue weighted by Crippen LogP contribution is -2.43. The van der Waals surface area contributed by atoms with Crippen molar-refractivity contribution in [3.8, 4) is 17.1 Å². The van der Waals surface area contributed by atoms with Crippen LogP contribution in [-0.4, -0.2) is 38.2 Å². The van der Waals surface area contributed by atoms with Crippen LogP contribution in [0.4, 0.5) is 15.9 Å². The summed E-state index contributed by atoms with van der Waals surface area (Å²) in [5.74, 6) is 0.834. The van der Waals surface area contributed by atoms with Crippen molar-refractivity contribution in [2.24, 2.45) is 0 Å². The average molecular weight is 449 g/mol. The number of halogens is 1. The largest absolute Gasteiger partial charge is 0.484 e. The predicted molar refractivity (Wildman–Crippen MR) is 125 cm³/mol. The zero-order valence-electron chi connectivity index (χ0n) is 18.9. The number of anilines is 2. The fourth-order valence-electron chi connectivity index (χ4n) is 3.43. The quantitative estimate of drug-likeness (QED) is 0.401. The molecule has 0 radical (unpaired) electrons. The fourth-order valence-corrected chi connectivity index (χ4v) is 3.43. The van der Waals surface area contributed by atoms with Gasteiger partial charge in [0, 0.05) is 28.8 Å². The third kappa shape index (κ3) is 5.43. The number of carbonyl (C=O) groups excluding carboxylic acids is 1. The Labute approximate surface area is 190 Å². The molecule has 2 aromatic heterocycles. The van der Waals surface area contributed by atoms with Gasteiger partial charge in [0.25, 0.3) is 5.91 Å². The summed E-state index contributed by atoms with van der Waals surface area (Å²) in [6.45, 7) is 7.41. The summed E-state index contributed by atoms with van der Waals surface area (Å²) in [7, 11) is 0. The fraction of sp³-hybridized carbons (Fsp3) is 0.250. The average Bonchev–Trinajstić information content (AvgIpc) is 3.23. The number of nitrogens with one attached hydrogen (secondary N) is 3. The molecule has 4 aromatic rings. The molecule has 170 valence electrons. The van der Waals surface area contributed by atoms with E-state index in [1.807, 2.05) is 33.8 Å². The van der Waals surface area contributed by atoms with E-state index in [0.717, 1.165) is 0 Å². The molecule has 0 aliphatic heterocycles. The van der Waals surface area contributed by atoms with E-state index >= 15 is 0 Å². The molecule has 4 rings (SSSR count). The molecule has 0 aliphatic rings. The van der Waals surface area contributed by atoms with E-state index in [2.05, 4.69) is 25.8 Å². The molecule has 0 atom stereocenters. The normalized spacial score (nSPS) is 11.4. The lowest BCUT2D eigenvalue weighted by atomic mass is 10.1. The number of fused-ring (bicyclic) bond motifs is 1. The van der Waals surface area contributed by atoms with Crippen LogP contribution in [0.5, 0.6) is 5.75 Å². The predicted octanol–water partition coefficient (Wildman–Crippen LogP) is 4.50. The van der Waals surface area contributed by atoms with Gasteiger partial charge in [0.15, 0.2) is 12.4 Å². The maximum Gasteiger partial charge on any atom is 0.258 e. The number of amides is 1. The summed E-state index contributed by atoms with van der Waals surface area (Å²) < 4.78 is 19.8. The zero-order valence-corrected chi connectivity index (χ0v) is 18.9. The zero-order chi connectivity index (χ0) is 23.6.